The molecule has 1 spiro atoms. The number of carbonyl (C=O) groups excluding carboxylic acids is 2. The third-order valence-electron chi connectivity index (χ3n) is 11.6. The molecule has 186 valence electrons. The van der Waals surface area contributed by atoms with Crippen LogP contribution in [0.5, 0.6) is 0 Å². The summed E-state index contributed by atoms with van der Waals surface area (Å²) in [4.78, 5) is 25.8. The van der Waals surface area contributed by atoms with Gasteiger partial charge >= 0.3 is 5.97 Å². The summed E-state index contributed by atoms with van der Waals surface area (Å²) in [6.45, 7) is 8.41. The number of aliphatic hydroxyl groups is 2. The van der Waals surface area contributed by atoms with Crippen molar-refractivity contribution >= 4 is 11.8 Å². The first-order valence-electron chi connectivity index (χ1n) is 13.2. The molecule has 0 aromatic rings. The summed E-state index contributed by atoms with van der Waals surface area (Å²) in [7, 11) is 0. The SMILES string of the molecule is CC1=C(CO)C(=O)O[C@@H]([C@H](C)[C@H]2CC[C@H]3[C@@H]4C[C@@H]5O[C@@]56[C@H](O)C=CC(=O)[C@@]6(C)[C@@H]4CC[C@]23C)C1. The van der Waals surface area contributed by atoms with Crippen molar-refractivity contribution in [2.75, 3.05) is 6.61 Å². The van der Waals surface area contributed by atoms with Gasteiger partial charge in [-0.1, -0.05) is 19.4 Å². The van der Waals surface area contributed by atoms with E-state index < -0.39 is 17.1 Å². The lowest BCUT2D eigenvalue weighted by Gasteiger charge is -2.58. The van der Waals surface area contributed by atoms with Crippen LogP contribution in [0.2, 0.25) is 0 Å². The number of allylic oxidation sites excluding steroid dienone is 1. The van der Waals surface area contributed by atoms with Crippen LogP contribution in [-0.4, -0.2) is 52.5 Å². The second-order valence-corrected chi connectivity index (χ2v) is 12.5. The van der Waals surface area contributed by atoms with Crippen LogP contribution in [-0.2, 0) is 19.1 Å². The number of aliphatic hydroxyl groups excluding tert-OH is 2. The third kappa shape index (κ3) is 2.63. The first-order chi connectivity index (χ1) is 16.1. The van der Waals surface area contributed by atoms with E-state index in [1.54, 1.807) is 12.2 Å². The lowest BCUT2D eigenvalue weighted by molar-refractivity contribution is -0.155. The molecule has 11 atom stereocenters. The maximum absolute atomic E-state index is 13.3. The van der Waals surface area contributed by atoms with E-state index in [-0.39, 0.29) is 47.8 Å². The molecule has 0 bridgehead atoms. The second-order valence-electron chi connectivity index (χ2n) is 12.5. The van der Waals surface area contributed by atoms with Crippen molar-refractivity contribution < 1.29 is 29.3 Å². The molecule has 0 unspecified atom stereocenters. The molecule has 34 heavy (non-hydrogen) atoms. The molecular formula is C28H38O6. The molecule has 4 fully saturated rings. The molecule has 6 rings (SSSR count). The Balaban J connectivity index is 1.27. The van der Waals surface area contributed by atoms with Crippen molar-refractivity contribution in [2.24, 2.45) is 40.4 Å². The summed E-state index contributed by atoms with van der Waals surface area (Å²) in [6.07, 6.45) is 8.23. The molecule has 0 aromatic heterocycles. The molecule has 2 heterocycles. The van der Waals surface area contributed by atoms with Crippen molar-refractivity contribution in [1.29, 1.82) is 0 Å². The summed E-state index contributed by atoms with van der Waals surface area (Å²) in [5.74, 6) is 1.61. The van der Waals surface area contributed by atoms with Crippen molar-refractivity contribution in [3.05, 3.63) is 23.3 Å². The molecule has 0 amide bonds. The zero-order valence-electron chi connectivity index (χ0n) is 20.8. The van der Waals surface area contributed by atoms with Gasteiger partial charge in [0, 0.05) is 6.42 Å². The van der Waals surface area contributed by atoms with Crippen LogP contribution < -0.4 is 0 Å². The number of rotatable bonds is 3. The van der Waals surface area contributed by atoms with E-state index in [2.05, 4.69) is 20.8 Å². The van der Waals surface area contributed by atoms with E-state index in [9.17, 15) is 19.8 Å². The number of fused-ring (bicyclic) bond motifs is 4. The van der Waals surface area contributed by atoms with E-state index in [0.717, 1.165) is 37.7 Å². The molecule has 3 saturated carbocycles. The smallest absolute Gasteiger partial charge is 0.336 e. The Bertz CT molecular complexity index is 999. The van der Waals surface area contributed by atoms with Crippen LogP contribution in [0, 0.1) is 40.4 Å². The fourth-order valence-corrected chi connectivity index (χ4v) is 9.69. The molecule has 2 aliphatic heterocycles. The monoisotopic (exact) mass is 470 g/mol. The zero-order valence-corrected chi connectivity index (χ0v) is 20.8. The summed E-state index contributed by atoms with van der Waals surface area (Å²) in [5, 5.41) is 20.4. The van der Waals surface area contributed by atoms with Gasteiger partial charge in [-0.15, -0.1) is 0 Å². The minimum absolute atomic E-state index is 0.0366. The summed E-state index contributed by atoms with van der Waals surface area (Å²) in [5.41, 5.74) is 0.129. The van der Waals surface area contributed by atoms with Crippen LogP contribution in [0.3, 0.4) is 0 Å². The number of hydrogen-bond donors (Lipinski definition) is 2. The van der Waals surface area contributed by atoms with Gasteiger partial charge in [-0.3, -0.25) is 4.79 Å². The second kappa shape index (κ2) is 7.27. The molecule has 2 N–H and O–H groups in total. The fourth-order valence-electron chi connectivity index (χ4n) is 9.69. The van der Waals surface area contributed by atoms with Gasteiger partial charge in [-0.25, -0.2) is 4.79 Å². The van der Waals surface area contributed by atoms with Crippen LogP contribution in [0.1, 0.15) is 66.2 Å². The van der Waals surface area contributed by atoms with Crippen molar-refractivity contribution in [3.63, 3.8) is 0 Å². The highest BCUT2D eigenvalue weighted by Gasteiger charge is 2.80. The number of cyclic esters (lactones) is 1. The topological polar surface area (TPSA) is 96.4 Å². The number of carbonyl (C=O) groups is 2. The van der Waals surface area contributed by atoms with Gasteiger partial charge in [0.25, 0.3) is 0 Å². The van der Waals surface area contributed by atoms with Crippen LogP contribution in [0.15, 0.2) is 23.3 Å². The minimum Gasteiger partial charge on any atom is -0.458 e. The predicted octanol–water partition coefficient (Wildman–Crippen LogP) is 3.35. The lowest BCUT2D eigenvalue weighted by Crippen LogP contribution is -2.63. The Kier molecular flexibility index (Phi) is 4.90. The number of ether oxygens (including phenoxy) is 2. The molecule has 0 aromatic carbocycles. The summed E-state index contributed by atoms with van der Waals surface area (Å²) in [6, 6.07) is 0. The fraction of sp³-hybridized carbons (Fsp3) is 0.786. The maximum Gasteiger partial charge on any atom is 0.336 e. The molecular weight excluding hydrogens is 432 g/mol. The first kappa shape index (κ1) is 22.9. The molecule has 0 radical (unpaired) electrons. The predicted molar refractivity (Wildman–Crippen MR) is 124 cm³/mol. The highest BCUT2D eigenvalue weighted by molar-refractivity contribution is 5.98. The van der Waals surface area contributed by atoms with Gasteiger partial charge < -0.3 is 19.7 Å². The maximum atomic E-state index is 13.3. The van der Waals surface area contributed by atoms with Crippen LogP contribution in [0.4, 0.5) is 0 Å². The third-order valence-corrected chi connectivity index (χ3v) is 11.6. The number of ketones is 1. The average molecular weight is 471 g/mol. The Morgan fingerprint density at radius 2 is 1.94 bits per heavy atom. The van der Waals surface area contributed by atoms with E-state index in [0.29, 0.717) is 29.7 Å². The largest absolute Gasteiger partial charge is 0.458 e. The van der Waals surface area contributed by atoms with Crippen LogP contribution in [0.25, 0.3) is 0 Å². The average Bonchev–Trinajstić information content (AvgIpc) is 3.43. The van der Waals surface area contributed by atoms with Gasteiger partial charge in [-0.05, 0) is 93.1 Å². The molecule has 6 nitrogen and oxygen atoms in total. The number of hydrogen-bond acceptors (Lipinski definition) is 6. The Morgan fingerprint density at radius 1 is 1.18 bits per heavy atom. The van der Waals surface area contributed by atoms with E-state index in [1.807, 2.05) is 6.92 Å². The Labute approximate surface area is 201 Å². The first-order valence-corrected chi connectivity index (χ1v) is 13.2. The molecule has 6 aliphatic rings. The molecule has 6 heteroatoms. The Hall–Kier alpha value is -1.50. The summed E-state index contributed by atoms with van der Waals surface area (Å²) < 4.78 is 12.1. The number of esters is 1. The highest BCUT2D eigenvalue weighted by Crippen LogP contribution is 2.73. The van der Waals surface area contributed by atoms with Gasteiger partial charge in [0.05, 0.1) is 23.7 Å². The minimum atomic E-state index is -0.719. The number of epoxide rings is 1. The Morgan fingerprint density at radius 3 is 2.65 bits per heavy atom. The van der Waals surface area contributed by atoms with Gasteiger partial charge in [0.15, 0.2) is 5.78 Å². The van der Waals surface area contributed by atoms with E-state index in [1.165, 1.54) is 0 Å². The van der Waals surface area contributed by atoms with Crippen molar-refractivity contribution in [3.8, 4) is 0 Å². The highest BCUT2D eigenvalue weighted by atomic mass is 16.6. The normalized spacial score (nSPS) is 52.4. The van der Waals surface area contributed by atoms with Crippen molar-refractivity contribution in [2.45, 2.75) is 90.1 Å². The molecule has 4 aliphatic carbocycles. The van der Waals surface area contributed by atoms with Crippen LogP contribution >= 0.6 is 0 Å². The quantitative estimate of drug-likeness (QED) is 0.485. The van der Waals surface area contributed by atoms with E-state index in [4.69, 9.17) is 9.47 Å². The van der Waals surface area contributed by atoms with Gasteiger partial charge in [-0.2, -0.15) is 0 Å². The van der Waals surface area contributed by atoms with E-state index >= 15 is 0 Å². The standard InChI is InChI=1S/C28H38O6/c1-14-11-21(33-25(32)17(14)13-29)15(2)18-5-6-19-16-12-24-28(34-24)23(31)8-7-22(30)27(28,4)20(16)9-10-26(18,19)3/h7-8,15-16,18-21,23-24,29,31H,5-6,9-13H2,1-4H3/t15-,16+,18-,19+,20-,21-,23-,24+,26-,27-,28+/m1/s1. The lowest BCUT2D eigenvalue weighted by atomic mass is 9.44. The molecule has 1 saturated heterocycles. The zero-order chi connectivity index (χ0) is 24.2. The van der Waals surface area contributed by atoms with Gasteiger partial charge in [0.1, 0.15) is 17.8 Å². The summed E-state index contributed by atoms with van der Waals surface area (Å²) >= 11 is 0. The van der Waals surface area contributed by atoms with Gasteiger partial charge in [0.2, 0.25) is 0 Å². The van der Waals surface area contributed by atoms with Crippen molar-refractivity contribution in [1.82, 2.24) is 0 Å².